The highest BCUT2D eigenvalue weighted by Crippen LogP contribution is 2.27. The van der Waals surface area contributed by atoms with Crippen molar-refractivity contribution < 1.29 is 14.3 Å². The number of carbonyl (C=O) groups excluding carboxylic acids is 1. The number of ether oxygens (including phenoxy) is 2. The third kappa shape index (κ3) is 5.20. The first-order chi connectivity index (χ1) is 10.9. The van der Waals surface area contributed by atoms with Gasteiger partial charge in [0.05, 0.1) is 12.2 Å². The van der Waals surface area contributed by atoms with E-state index in [2.05, 4.69) is 17.2 Å². The summed E-state index contributed by atoms with van der Waals surface area (Å²) in [5.41, 5.74) is -0.535. The molecular formula is C18H28N2O3. The van der Waals surface area contributed by atoms with Crippen molar-refractivity contribution in [1.82, 2.24) is 10.3 Å². The predicted molar refractivity (Wildman–Crippen MR) is 89.3 cm³/mol. The quantitative estimate of drug-likeness (QED) is 0.817. The Balaban J connectivity index is 2.18. The first-order valence-corrected chi connectivity index (χ1v) is 8.43. The molecule has 23 heavy (non-hydrogen) atoms. The molecule has 0 aromatic carbocycles. The summed E-state index contributed by atoms with van der Waals surface area (Å²) >= 11 is 0. The van der Waals surface area contributed by atoms with Gasteiger partial charge in [0.2, 0.25) is 6.10 Å². The van der Waals surface area contributed by atoms with Gasteiger partial charge in [-0.05, 0) is 58.2 Å². The number of pyridine rings is 1. The van der Waals surface area contributed by atoms with Crippen molar-refractivity contribution in [2.24, 2.45) is 5.92 Å². The summed E-state index contributed by atoms with van der Waals surface area (Å²) in [5.74, 6) is 0.698. The molecule has 128 valence electrons. The van der Waals surface area contributed by atoms with Gasteiger partial charge in [0, 0.05) is 6.20 Å². The summed E-state index contributed by atoms with van der Waals surface area (Å²) in [5, 5.41) is 3.43. The molecule has 1 aromatic rings. The van der Waals surface area contributed by atoms with Gasteiger partial charge in [-0.1, -0.05) is 13.3 Å². The molecule has 0 bridgehead atoms. The molecule has 1 saturated heterocycles. The van der Waals surface area contributed by atoms with Crippen LogP contribution in [0, 0.1) is 5.92 Å². The van der Waals surface area contributed by atoms with Gasteiger partial charge in [-0.25, -0.2) is 4.79 Å². The van der Waals surface area contributed by atoms with Crippen molar-refractivity contribution in [3.63, 3.8) is 0 Å². The number of nitrogens with one attached hydrogen (secondary N) is 1. The summed E-state index contributed by atoms with van der Waals surface area (Å²) in [7, 11) is 0. The van der Waals surface area contributed by atoms with Crippen LogP contribution in [0.25, 0.3) is 0 Å². The zero-order valence-corrected chi connectivity index (χ0v) is 14.5. The third-order valence-electron chi connectivity index (χ3n) is 3.93. The number of hydrogen-bond donors (Lipinski definition) is 1. The Labute approximate surface area is 138 Å². The molecule has 0 aliphatic carbocycles. The second-order valence-electron chi connectivity index (χ2n) is 7.08. The normalized spacial score (nSPS) is 22.6. The first kappa shape index (κ1) is 17.7. The Bertz CT molecular complexity index is 499. The fraction of sp³-hybridized carbons (Fsp3) is 0.667. The molecule has 2 rings (SSSR count). The van der Waals surface area contributed by atoms with Gasteiger partial charge in [-0.15, -0.1) is 0 Å². The van der Waals surface area contributed by atoms with E-state index >= 15 is 0 Å². The lowest BCUT2D eigenvalue weighted by Gasteiger charge is -2.30. The second-order valence-corrected chi connectivity index (χ2v) is 7.08. The maximum atomic E-state index is 12.7. The first-order valence-electron chi connectivity index (χ1n) is 8.43. The summed E-state index contributed by atoms with van der Waals surface area (Å²) < 4.78 is 11.6. The molecular weight excluding hydrogens is 292 g/mol. The van der Waals surface area contributed by atoms with Crippen molar-refractivity contribution in [1.29, 1.82) is 0 Å². The van der Waals surface area contributed by atoms with E-state index < -0.39 is 11.7 Å². The second kappa shape index (κ2) is 7.77. The Morgan fingerprint density at radius 1 is 1.48 bits per heavy atom. The Hall–Kier alpha value is -1.62. The molecule has 0 saturated carbocycles. The van der Waals surface area contributed by atoms with Crippen LogP contribution in [-0.4, -0.2) is 35.2 Å². The largest absolute Gasteiger partial charge is 0.475 e. The molecule has 2 heterocycles. The van der Waals surface area contributed by atoms with Crippen LogP contribution < -0.4 is 10.1 Å². The molecule has 1 N–H and O–H groups in total. The zero-order valence-electron chi connectivity index (χ0n) is 14.5. The average Bonchev–Trinajstić information content (AvgIpc) is 2.92. The van der Waals surface area contributed by atoms with Crippen LogP contribution in [0.1, 0.15) is 47.0 Å². The number of carbonyl (C=O) groups is 1. The number of hydrogen-bond acceptors (Lipinski definition) is 5. The zero-order chi connectivity index (χ0) is 16.9. The van der Waals surface area contributed by atoms with Gasteiger partial charge in [-0.2, -0.15) is 0 Å². The van der Waals surface area contributed by atoms with E-state index in [9.17, 15) is 4.79 Å². The van der Waals surface area contributed by atoms with E-state index in [-0.39, 0.29) is 12.0 Å². The lowest BCUT2D eigenvalue weighted by atomic mass is 9.91. The van der Waals surface area contributed by atoms with Crippen LogP contribution in [0.4, 0.5) is 0 Å². The molecule has 1 fully saturated rings. The lowest BCUT2D eigenvalue weighted by Crippen LogP contribution is -2.49. The number of nitrogens with zero attached hydrogens (tertiary/aromatic N) is 1. The van der Waals surface area contributed by atoms with Crippen LogP contribution in [0.3, 0.4) is 0 Å². The van der Waals surface area contributed by atoms with Gasteiger partial charge in [0.1, 0.15) is 11.4 Å². The van der Waals surface area contributed by atoms with Crippen molar-refractivity contribution in [3.05, 3.63) is 24.5 Å². The standard InChI is InChI=1S/C18H28N2O3/c1-5-7-13-9-11-20-15(13)16(17(21)23-18(2,3)4)22-14-8-6-10-19-12-14/h6,8,10,12-13,15-16,20H,5,7,9,11H2,1-4H3/t13-,15+,16?/m1/s1. The Kier molecular flexibility index (Phi) is 5.99. The van der Waals surface area contributed by atoms with Crippen molar-refractivity contribution in [3.8, 4) is 5.75 Å². The van der Waals surface area contributed by atoms with Gasteiger partial charge in [0.25, 0.3) is 0 Å². The van der Waals surface area contributed by atoms with Crippen LogP contribution in [0.5, 0.6) is 5.75 Å². The fourth-order valence-corrected chi connectivity index (χ4v) is 3.02. The maximum Gasteiger partial charge on any atom is 0.349 e. The number of rotatable bonds is 6. The molecule has 0 radical (unpaired) electrons. The highest BCUT2D eigenvalue weighted by Gasteiger charge is 2.40. The smallest absolute Gasteiger partial charge is 0.349 e. The number of esters is 1. The summed E-state index contributed by atoms with van der Waals surface area (Å²) in [6.07, 6.45) is 5.89. The van der Waals surface area contributed by atoms with E-state index in [1.807, 2.05) is 26.8 Å². The molecule has 1 aliphatic heterocycles. The highest BCUT2D eigenvalue weighted by atomic mass is 16.6. The molecule has 1 unspecified atom stereocenters. The molecule has 1 aromatic heterocycles. The molecule has 5 nitrogen and oxygen atoms in total. The van der Waals surface area contributed by atoms with Crippen molar-refractivity contribution in [2.75, 3.05) is 6.54 Å². The van der Waals surface area contributed by atoms with E-state index in [0.717, 1.165) is 25.8 Å². The maximum absolute atomic E-state index is 12.7. The highest BCUT2D eigenvalue weighted by molar-refractivity contribution is 5.76. The molecule has 5 heteroatoms. The minimum Gasteiger partial charge on any atom is -0.475 e. The van der Waals surface area contributed by atoms with E-state index in [1.165, 1.54) is 0 Å². The summed E-state index contributed by atoms with van der Waals surface area (Å²) in [6.45, 7) is 8.69. The minimum absolute atomic E-state index is 0.0231. The monoisotopic (exact) mass is 320 g/mol. The van der Waals surface area contributed by atoms with E-state index in [0.29, 0.717) is 11.7 Å². The van der Waals surface area contributed by atoms with Crippen LogP contribution in [0.15, 0.2) is 24.5 Å². The molecule has 0 spiro atoms. The predicted octanol–water partition coefficient (Wildman–Crippen LogP) is 2.95. The molecule has 3 atom stereocenters. The molecule has 1 aliphatic rings. The average molecular weight is 320 g/mol. The van der Waals surface area contributed by atoms with Gasteiger partial charge in [-0.3, -0.25) is 4.98 Å². The Morgan fingerprint density at radius 2 is 2.26 bits per heavy atom. The summed E-state index contributed by atoms with van der Waals surface area (Å²) in [6, 6.07) is 3.59. The number of aromatic nitrogens is 1. The lowest BCUT2D eigenvalue weighted by molar-refractivity contribution is -0.165. The Morgan fingerprint density at radius 3 is 2.87 bits per heavy atom. The van der Waals surface area contributed by atoms with Crippen LogP contribution in [-0.2, 0) is 9.53 Å². The fourth-order valence-electron chi connectivity index (χ4n) is 3.02. The summed E-state index contributed by atoms with van der Waals surface area (Å²) in [4.78, 5) is 16.7. The van der Waals surface area contributed by atoms with Crippen LogP contribution in [0.2, 0.25) is 0 Å². The van der Waals surface area contributed by atoms with Gasteiger partial charge in [0.15, 0.2) is 0 Å². The van der Waals surface area contributed by atoms with Gasteiger partial charge >= 0.3 is 5.97 Å². The SMILES string of the molecule is CCC[C@@H]1CCN[C@@H]1C(Oc1cccnc1)C(=O)OC(C)(C)C. The molecule has 0 amide bonds. The van der Waals surface area contributed by atoms with Gasteiger partial charge < -0.3 is 14.8 Å². The minimum atomic E-state index is -0.655. The van der Waals surface area contributed by atoms with Crippen LogP contribution >= 0.6 is 0 Å². The van der Waals surface area contributed by atoms with E-state index in [4.69, 9.17) is 9.47 Å². The van der Waals surface area contributed by atoms with E-state index in [1.54, 1.807) is 18.5 Å². The third-order valence-corrected chi connectivity index (χ3v) is 3.93. The van der Waals surface area contributed by atoms with Crippen molar-refractivity contribution in [2.45, 2.75) is 64.7 Å². The topological polar surface area (TPSA) is 60.5 Å². The van der Waals surface area contributed by atoms with Crippen molar-refractivity contribution >= 4 is 5.97 Å².